The van der Waals surface area contributed by atoms with Crippen molar-refractivity contribution in [2.75, 3.05) is 0 Å². The first-order valence-corrected chi connectivity index (χ1v) is 8.34. The molecule has 0 spiro atoms. The Morgan fingerprint density at radius 2 is 1.78 bits per heavy atom. The van der Waals surface area contributed by atoms with Crippen LogP contribution in [0.4, 0.5) is 0 Å². The van der Waals surface area contributed by atoms with Crippen LogP contribution in [-0.4, -0.2) is 5.54 Å². The minimum atomic E-state index is 0.209. The van der Waals surface area contributed by atoms with Crippen molar-refractivity contribution in [1.82, 2.24) is 0 Å². The molecule has 3 aliphatic rings. The second-order valence-corrected chi connectivity index (χ2v) is 8.08. The molecule has 104 valence electrons. The third-order valence-electron chi connectivity index (χ3n) is 6.52. The largest absolute Gasteiger partial charge is 0.325 e. The first kappa shape index (κ1) is 13.0. The normalized spacial score (nSPS) is 48.0. The van der Waals surface area contributed by atoms with Gasteiger partial charge >= 0.3 is 0 Å². The molecule has 0 radical (unpaired) electrons. The van der Waals surface area contributed by atoms with Crippen molar-refractivity contribution in [2.45, 2.75) is 77.2 Å². The summed E-state index contributed by atoms with van der Waals surface area (Å²) in [6.07, 6.45) is 12.8. The molecule has 0 aliphatic heterocycles. The van der Waals surface area contributed by atoms with Crippen molar-refractivity contribution >= 4 is 0 Å². The van der Waals surface area contributed by atoms with Crippen molar-refractivity contribution < 1.29 is 0 Å². The molecule has 0 amide bonds. The molecule has 3 unspecified atom stereocenters. The summed E-state index contributed by atoms with van der Waals surface area (Å²) in [6, 6.07) is 0. The van der Waals surface area contributed by atoms with Crippen molar-refractivity contribution in [1.29, 1.82) is 0 Å². The topological polar surface area (TPSA) is 26.0 Å². The van der Waals surface area contributed by atoms with E-state index in [-0.39, 0.29) is 5.54 Å². The molecule has 0 aromatic rings. The standard InChI is InChI=1S/C17H31N/c1-12(2)14-5-7-17(18,8-6-14)11-16-10-13-3-4-15(16)9-13/h12-16H,3-11,18H2,1-2H3. The zero-order valence-corrected chi connectivity index (χ0v) is 12.3. The molecule has 1 heteroatoms. The van der Waals surface area contributed by atoms with E-state index < -0.39 is 0 Å². The first-order chi connectivity index (χ1) is 8.56. The molecule has 3 atom stereocenters. The molecule has 3 rings (SSSR count). The molecule has 0 heterocycles. The molecule has 3 aliphatic carbocycles. The molecule has 3 fully saturated rings. The lowest BCUT2D eigenvalue weighted by Gasteiger charge is -2.41. The SMILES string of the molecule is CC(C)C1CCC(N)(CC2CC3CCC2C3)CC1. The monoisotopic (exact) mass is 249 g/mol. The van der Waals surface area contributed by atoms with Gasteiger partial charge in [0, 0.05) is 5.54 Å². The third-order valence-corrected chi connectivity index (χ3v) is 6.52. The van der Waals surface area contributed by atoms with Crippen LogP contribution < -0.4 is 5.73 Å². The van der Waals surface area contributed by atoms with Crippen molar-refractivity contribution in [3.8, 4) is 0 Å². The molecule has 2 bridgehead atoms. The van der Waals surface area contributed by atoms with Crippen molar-refractivity contribution in [2.24, 2.45) is 35.3 Å². The van der Waals surface area contributed by atoms with Crippen LogP contribution in [0, 0.1) is 29.6 Å². The van der Waals surface area contributed by atoms with E-state index in [2.05, 4.69) is 13.8 Å². The number of rotatable bonds is 3. The highest BCUT2D eigenvalue weighted by Gasteiger charge is 2.43. The molecule has 1 nitrogen and oxygen atoms in total. The maximum absolute atomic E-state index is 6.73. The van der Waals surface area contributed by atoms with Crippen LogP contribution in [0.3, 0.4) is 0 Å². The predicted molar refractivity (Wildman–Crippen MR) is 77.3 cm³/mol. The predicted octanol–water partition coefficient (Wildman–Crippen LogP) is 4.36. The Morgan fingerprint density at radius 1 is 1.06 bits per heavy atom. The van der Waals surface area contributed by atoms with Gasteiger partial charge in [0.2, 0.25) is 0 Å². The molecule has 0 aromatic carbocycles. The van der Waals surface area contributed by atoms with E-state index in [4.69, 9.17) is 5.73 Å². The van der Waals surface area contributed by atoms with Gasteiger partial charge < -0.3 is 5.73 Å². The molecule has 0 saturated heterocycles. The van der Waals surface area contributed by atoms with Gasteiger partial charge in [-0.1, -0.05) is 20.3 Å². The third kappa shape index (κ3) is 2.48. The molecule has 18 heavy (non-hydrogen) atoms. The van der Waals surface area contributed by atoms with E-state index >= 15 is 0 Å². The minimum Gasteiger partial charge on any atom is -0.325 e. The summed E-state index contributed by atoms with van der Waals surface area (Å²) in [4.78, 5) is 0. The summed E-state index contributed by atoms with van der Waals surface area (Å²) in [6.45, 7) is 4.76. The average molecular weight is 249 g/mol. The fourth-order valence-electron chi connectivity index (χ4n) is 5.23. The van der Waals surface area contributed by atoms with E-state index in [1.54, 1.807) is 0 Å². The summed E-state index contributed by atoms with van der Waals surface area (Å²) < 4.78 is 0. The number of hydrogen-bond acceptors (Lipinski definition) is 1. The minimum absolute atomic E-state index is 0.209. The Morgan fingerprint density at radius 3 is 2.28 bits per heavy atom. The van der Waals surface area contributed by atoms with Crippen LogP contribution in [0.15, 0.2) is 0 Å². The smallest absolute Gasteiger partial charge is 0.0157 e. The molecular weight excluding hydrogens is 218 g/mol. The van der Waals surface area contributed by atoms with E-state index in [0.717, 1.165) is 29.6 Å². The van der Waals surface area contributed by atoms with Gasteiger partial charge in [-0.15, -0.1) is 0 Å². The average Bonchev–Trinajstić information content (AvgIpc) is 2.91. The van der Waals surface area contributed by atoms with Gasteiger partial charge in [-0.25, -0.2) is 0 Å². The second kappa shape index (κ2) is 4.81. The highest BCUT2D eigenvalue weighted by Crippen LogP contribution is 2.52. The van der Waals surface area contributed by atoms with Crippen molar-refractivity contribution in [3.63, 3.8) is 0 Å². The highest BCUT2D eigenvalue weighted by molar-refractivity contribution is 4.98. The summed E-state index contributed by atoms with van der Waals surface area (Å²) in [7, 11) is 0. The highest BCUT2D eigenvalue weighted by atomic mass is 14.8. The lowest BCUT2D eigenvalue weighted by molar-refractivity contribution is 0.150. The summed E-state index contributed by atoms with van der Waals surface area (Å²) in [5.74, 6) is 4.93. The molecule has 3 saturated carbocycles. The van der Waals surface area contributed by atoms with Crippen LogP contribution >= 0.6 is 0 Å². The summed E-state index contributed by atoms with van der Waals surface area (Å²) >= 11 is 0. The van der Waals surface area contributed by atoms with Gasteiger partial charge in [0.15, 0.2) is 0 Å². The van der Waals surface area contributed by atoms with Gasteiger partial charge in [-0.3, -0.25) is 0 Å². The Kier molecular flexibility index (Phi) is 3.47. The van der Waals surface area contributed by atoms with Crippen LogP contribution in [0.1, 0.15) is 71.6 Å². The zero-order valence-electron chi connectivity index (χ0n) is 12.3. The Hall–Kier alpha value is -0.0400. The fraction of sp³-hybridized carbons (Fsp3) is 1.00. The lowest BCUT2D eigenvalue weighted by atomic mass is 9.68. The number of nitrogens with two attached hydrogens (primary N) is 1. The Bertz CT molecular complexity index is 288. The van der Waals surface area contributed by atoms with Gasteiger partial charge in [0.25, 0.3) is 0 Å². The quantitative estimate of drug-likeness (QED) is 0.790. The summed E-state index contributed by atoms with van der Waals surface area (Å²) in [5, 5.41) is 0. The van der Waals surface area contributed by atoms with Crippen LogP contribution in [0.2, 0.25) is 0 Å². The van der Waals surface area contributed by atoms with Crippen LogP contribution in [0.25, 0.3) is 0 Å². The zero-order chi connectivity index (χ0) is 12.8. The maximum Gasteiger partial charge on any atom is 0.0157 e. The lowest BCUT2D eigenvalue weighted by Crippen LogP contribution is -2.46. The number of hydrogen-bond donors (Lipinski definition) is 1. The molecule has 0 aromatic heterocycles. The van der Waals surface area contributed by atoms with Crippen LogP contribution in [0.5, 0.6) is 0 Å². The molecule has 2 N–H and O–H groups in total. The second-order valence-electron chi connectivity index (χ2n) is 8.08. The van der Waals surface area contributed by atoms with Gasteiger partial charge in [0.05, 0.1) is 0 Å². The van der Waals surface area contributed by atoms with E-state index in [1.807, 2.05) is 0 Å². The van der Waals surface area contributed by atoms with Gasteiger partial charge in [0.1, 0.15) is 0 Å². The van der Waals surface area contributed by atoms with Gasteiger partial charge in [-0.05, 0) is 81.0 Å². The summed E-state index contributed by atoms with van der Waals surface area (Å²) in [5.41, 5.74) is 6.94. The Labute approximate surface area is 113 Å². The van der Waals surface area contributed by atoms with Crippen molar-refractivity contribution in [3.05, 3.63) is 0 Å². The number of fused-ring (bicyclic) bond motifs is 2. The maximum atomic E-state index is 6.73. The van der Waals surface area contributed by atoms with Gasteiger partial charge in [-0.2, -0.15) is 0 Å². The Balaban J connectivity index is 1.53. The van der Waals surface area contributed by atoms with E-state index in [9.17, 15) is 0 Å². The van der Waals surface area contributed by atoms with Crippen LogP contribution in [-0.2, 0) is 0 Å². The van der Waals surface area contributed by atoms with E-state index in [0.29, 0.717) is 0 Å². The molecular formula is C17H31N. The first-order valence-electron chi connectivity index (χ1n) is 8.34. The van der Waals surface area contributed by atoms with E-state index in [1.165, 1.54) is 57.8 Å². The fourth-order valence-corrected chi connectivity index (χ4v) is 5.23.